The van der Waals surface area contributed by atoms with Crippen LogP contribution in [0.3, 0.4) is 0 Å². The van der Waals surface area contributed by atoms with E-state index in [0.29, 0.717) is 5.92 Å². The van der Waals surface area contributed by atoms with Crippen molar-refractivity contribution >= 4 is 28.4 Å². The van der Waals surface area contributed by atoms with Crippen molar-refractivity contribution in [3.8, 4) is 33.4 Å². The van der Waals surface area contributed by atoms with Crippen LogP contribution in [0.5, 0.6) is 0 Å². The van der Waals surface area contributed by atoms with Gasteiger partial charge in [0.15, 0.2) is 0 Å². The van der Waals surface area contributed by atoms with E-state index in [1.165, 1.54) is 85.4 Å². The van der Waals surface area contributed by atoms with E-state index >= 15 is 0 Å². The summed E-state index contributed by atoms with van der Waals surface area (Å²) in [4.78, 5) is 5.04. The molecule has 0 radical (unpaired) electrons. The van der Waals surface area contributed by atoms with Crippen LogP contribution in [0.15, 0.2) is 230 Å². The predicted molar refractivity (Wildman–Crippen MR) is 291 cm³/mol. The number of fused-ring (bicyclic) bond motifs is 9. The fraction of sp³-hybridized carbons (Fsp3) is 0.164. The van der Waals surface area contributed by atoms with Crippen LogP contribution >= 0.6 is 0 Å². The van der Waals surface area contributed by atoms with Gasteiger partial charge in [-0.25, -0.2) is 0 Å². The number of halogens is 1. The van der Waals surface area contributed by atoms with Crippen molar-refractivity contribution in [3.05, 3.63) is 265 Å². The molecule has 0 aromatic heterocycles. The molecule has 0 fully saturated rings. The Balaban J connectivity index is 1.04. The van der Waals surface area contributed by atoms with Gasteiger partial charge in [-0.15, -0.1) is 0 Å². The molecule has 3 aliphatic carbocycles. The van der Waals surface area contributed by atoms with E-state index in [0.717, 1.165) is 23.5 Å². The van der Waals surface area contributed by atoms with Crippen molar-refractivity contribution in [2.24, 2.45) is 0 Å². The van der Waals surface area contributed by atoms with E-state index < -0.39 is 26.6 Å². The van der Waals surface area contributed by atoms with E-state index in [1.807, 2.05) is 0 Å². The maximum absolute atomic E-state index is 2.59. The summed E-state index contributed by atoms with van der Waals surface area (Å²) in [5.74, 6) is 0.339. The minimum absolute atomic E-state index is 0.0453. The summed E-state index contributed by atoms with van der Waals surface area (Å²) in [6.45, 7) is 13.8. The van der Waals surface area contributed by atoms with Crippen LogP contribution in [-0.4, -0.2) is 0 Å². The zero-order chi connectivity index (χ0) is 47.8. The molecule has 344 valence electrons. The molecule has 0 bridgehead atoms. The van der Waals surface area contributed by atoms with E-state index in [-0.39, 0.29) is 10.8 Å². The Hall–Kier alpha value is -6.95. The Labute approximate surface area is 425 Å². The average Bonchev–Trinajstić information content (AvgIpc) is 4.10. The van der Waals surface area contributed by atoms with E-state index in [2.05, 4.69) is 276 Å². The molecule has 3 heteroatoms. The molecule has 8 aromatic carbocycles. The van der Waals surface area contributed by atoms with Gasteiger partial charge in [-0.2, -0.15) is 0 Å². The molecule has 1 aliphatic heterocycles. The third kappa shape index (κ3) is 7.61. The van der Waals surface area contributed by atoms with Crippen molar-refractivity contribution < 1.29 is 21.2 Å². The zero-order valence-corrected chi connectivity index (χ0v) is 43.1. The van der Waals surface area contributed by atoms with Crippen LogP contribution in [0.25, 0.3) is 33.4 Å². The summed E-state index contributed by atoms with van der Waals surface area (Å²) in [5.41, 5.74) is 21.4. The van der Waals surface area contributed by atoms with E-state index in [4.69, 9.17) is 0 Å². The number of rotatable bonds is 8. The summed E-state index contributed by atoms with van der Waals surface area (Å²) in [5, 5.41) is 0. The van der Waals surface area contributed by atoms with Crippen molar-refractivity contribution in [2.75, 3.05) is 9.80 Å². The molecule has 1 unspecified atom stereocenters. The quantitative estimate of drug-likeness (QED) is 0.140. The molecule has 0 saturated carbocycles. The topological polar surface area (TPSA) is 6.48 Å². The minimum atomic E-state index is -0.504. The fourth-order valence-corrected chi connectivity index (χ4v) is 14.5. The van der Waals surface area contributed by atoms with Gasteiger partial charge in [-0.1, -0.05) is 51.1 Å². The Morgan fingerprint density at radius 2 is 1.06 bits per heavy atom. The molecule has 12 rings (SSSR count). The Morgan fingerprint density at radius 3 is 1.67 bits per heavy atom. The molecule has 0 amide bonds. The average molecular weight is 1020 g/mol. The number of hydrogen-bond acceptors (Lipinski definition) is 2. The van der Waals surface area contributed by atoms with Gasteiger partial charge in [0.25, 0.3) is 0 Å². The molecule has 70 heavy (non-hydrogen) atoms. The van der Waals surface area contributed by atoms with Crippen LogP contribution in [0.1, 0.15) is 81.7 Å². The third-order valence-corrected chi connectivity index (χ3v) is 18.0. The number of anilines is 5. The molecular weight excluding hydrogens is 960 g/mol. The van der Waals surface area contributed by atoms with Crippen LogP contribution in [-0.2, 0) is 16.2 Å². The Bertz CT molecular complexity index is 3400. The molecule has 1 atom stereocenters. The van der Waals surface area contributed by atoms with Gasteiger partial charge in [0, 0.05) is 0 Å². The fourth-order valence-electron chi connectivity index (χ4n) is 11.1. The number of hydrogen-bond donors (Lipinski definition) is 0. The molecular formula is C67H58IN2-. The monoisotopic (exact) mass is 1020 g/mol. The van der Waals surface area contributed by atoms with Gasteiger partial charge in [-0.3, -0.25) is 0 Å². The van der Waals surface area contributed by atoms with Crippen LogP contribution in [0.2, 0.25) is 0 Å². The van der Waals surface area contributed by atoms with Crippen molar-refractivity contribution in [2.45, 2.75) is 70.1 Å². The van der Waals surface area contributed by atoms with Gasteiger partial charge < -0.3 is 0 Å². The first-order valence-electron chi connectivity index (χ1n) is 24.8. The SMILES string of the molecule is CC(C)(C)c1ccc(N(C2=CCC(c3ccccc3)C=C2)c2cc3c(c4c2-c2ccccc2[I-]4)-c2ccc(N(c4ccc(-c5ccccc5)cc4)c4ccc(C(C)(C)C)cc4)cc2C32C=CC=C2)cc1. The molecule has 4 aliphatic rings. The number of benzene rings is 8. The third-order valence-electron chi connectivity index (χ3n) is 14.9. The van der Waals surface area contributed by atoms with Crippen molar-refractivity contribution in [3.63, 3.8) is 0 Å². The predicted octanol–water partition coefficient (Wildman–Crippen LogP) is 14.7. The Kier molecular flexibility index (Phi) is 10.9. The van der Waals surface area contributed by atoms with E-state index in [1.54, 1.807) is 0 Å². The van der Waals surface area contributed by atoms with Gasteiger partial charge in [-0.05, 0) is 0 Å². The number of allylic oxidation sites excluding steroid dienone is 7. The summed E-state index contributed by atoms with van der Waals surface area (Å²) in [6.07, 6.45) is 17.7. The maximum atomic E-state index is 2.59. The second kappa shape index (κ2) is 17.2. The molecule has 1 spiro atoms. The summed E-state index contributed by atoms with van der Waals surface area (Å²) in [7, 11) is 0. The summed E-state index contributed by atoms with van der Waals surface area (Å²) < 4.78 is 3.02. The van der Waals surface area contributed by atoms with Crippen LogP contribution < -0.4 is 31.0 Å². The summed E-state index contributed by atoms with van der Waals surface area (Å²) >= 11 is -0.504. The van der Waals surface area contributed by atoms with Crippen LogP contribution in [0, 0.1) is 7.14 Å². The Morgan fingerprint density at radius 1 is 0.500 bits per heavy atom. The van der Waals surface area contributed by atoms with E-state index in [9.17, 15) is 0 Å². The molecule has 2 nitrogen and oxygen atoms in total. The second-order valence-corrected chi connectivity index (χ2v) is 24.1. The van der Waals surface area contributed by atoms with Crippen molar-refractivity contribution in [1.82, 2.24) is 0 Å². The van der Waals surface area contributed by atoms with Gasteiger partial charge in [0.1, 0.15) is 0 Å². The van der Waals surface area contributed by atoms with Gasteiger partial charge >= 0.3 is 377 Å². The summed E-state index contributed by atoms with van der Waals surface area (Å²) in [6, 6.07) is 68.5. The zero-order valence-electron chi connectivity index (χ0n) is 40.9. The molecule has 8 aromatic rings. The molecule has 0 N–H and O–H groups in total. The van der Waals surface area contributed by atoms with Gasteiger partial charge in [0.05, 0.1) is 0 Å². The first-order valence-corrected chi connectivity index (χ1v) is 27.0. The normalized spacial score (nSPS) is 16.0. The molecule has 1 heterocycles. The molecule has 0 saturated heterocycles. The van der Waals surface area contributed by atoms with Gasteiger partial charge in [0.2, 0.25) is 0 Å². The second-order valence-electron chi connectivity index (χ2n) is 21.3. The number of nitrogens with zero attached hydrogens (tertiary/aromatic N) is 2. The first kappa shape index (κ1) is 44.3. The standard InChI is InChI=1S/C67H58IN2/c1-65(2,3)49-27-35-52(36-28-49)69(51-31-23-47(24-32-51)45-17-9-7-10-18-45)55-39-40-56-58(43-55)67(41-15-16-42-67)59-44-61(63-57-21-13-14-22-60(57)68-64(63)62(56)59)70(54-37-29-50(30-38-54)66(4,5)6)53-33-25-48(26-34-53)46-19-11-8-12-20-46/h7-25,27-44,48H,26H2,1-6H3/q-1. The van der Waals surface area contributed by atoms with Crippen molar-refractivity contribution in [1.29, 1.82) is 0 Å². The first-order chi connectivity index (χ1) is 33.9. The van der Waals surface area contributed by atoms with Crippen LogP contribution in [0.4, 0.5) is 28.4 Å².